The Kier molecular flexibility index (Phi) is 7.31. The molecule has 0 aliphatic carbocycles. The van der Waals surface area contributed by atoms with Crippen LogP contribution in [0, 0.1) is 11.3 Å². The zero-order chi connectivity index (χ0) is 22.2. The predicted molar refractivity (Wildman–Crippen MR) is 129 cm³/mol. The number of aryl methyl sites for hydroxylation is 1. The quantitative estimate of drug-likeness (QED) is 0.526. The minimum atomic E-state index is 0.465. The Morgan fingerprint density at radius 2 is 1.94 bits per heavy atom. The number of hydrogen-bond donors (Lipinski definition) is 2. The van der Waals surface area contributed by atoms with Gasteiger partial charge in [-0.1, -0.05) is 49.7 Å². The molecule has 1 aliphatic rings. The molecule has 32 heavy (non-hydrogen) atoms. The van der Waals surface area contributed by atoms with E-state index in [-0.39, 0.29) is 0 Å². The van der Waals surface area contributed by atoms with Gasteiger partial charge in [-0.2, -0.15) is 10.2 Å². The molecular formula is C26H30N6. The smallest absolute Gasteiger partial charge is 0.229 e. The van der Waals surface area contributed by atoms with Crippen LogP contribution in [0.5, 0.6) is 0 Å². The fraction of sp³-hybridized carbons (Fsp3) is 0.346. The molecule has 0 spiro atoms. The molecule has 1 saturated heterocycles. The lowest BCUT2D eigenvalue weighted by Gasteiger charge is -2.20. The van der Waals surface area contributed by atoms with Crippen molar-refractivity contribution in [2.75, 3.05) is 29.9 Å². The average molecular weight is 427 g/mol. The highest BCUT2D eigenvalue weighted by Gasteiger charge is 2.24. The standard InChI is InChI=1S/C26H30N6/c1-2-7-22-17-25(31-26(29-22)30-23-11-6-10-21(16-23)18-27)32-15-13-24(19-32)28-14-12-20-8-4-3-5-9-20/h3-6,8-11,16-17,24,28H,2,7,12-15,19H2,1H3,(H,29,30,31). The first-order valence-electron chi connectivity index (χ1n) is 11.4. The molecule has 1 atom stereocenters. The normalized spacial score (nSPS) is 15.5. The fourth-order valence-corrected chi connectivity index (χ4v) is 4.08. The second-order valence-electron chi connectivity index (χ2n) is 8.23. The summed E-state index contributed by atoms with van der Waals surface area (Å²) in [6.07, 6.45) is 4.09. The Bertz CT molecular complexity index is 1060. The van der Waals surface area contributed by atoms with Gasteiger partial charge in [0.25, 0.3) is 0 Å². The van der Waals surface area contributed by atoms with E-state index in [1.165, 1.54) is 5.56 Å². The Hall–Kier alpha value is -3.43. The number of nitrogens with zero attached hydrogens (tertiary/aromatic N) is 4. The van der Waals surface area contributed by atoms with Gasteiger partial charge in [0.15, 0.2) is 0 Å². The van der Waals surface area contributed by atoms with Crippen molar-refractivity contribution in [2.45, 2.75) is 38.6 Å². The van der Waals surface area contributed by atoms with Crippen LogP contribution in [0.4, 0.5) is 17.5 Å². The lowest BCUT2D eigenvalue weighted by atomic mass is 10.1. The SMILES string of the molecule is CCCc1cc(N2CCC(NCCc3ccccc3)C2)nc(Nc2cccc(C#N)c2)n1. The van der Waals surface area contributed by atoms with Crippen molar-refractivity contribution in [3.63, 3.8) is 0 Å². The molecule has 2 N–H and O–H groups in total. The molecule has 1 unspecified atom stereocenters. The summed E-state index contributed by atoms with van der Waals surface area (Å²) in [4.78, 5) is 11.8. The predicted octanol–water partition coefficient (Wildman–Crippen LogP) is 4.46. The summed E-state index contributed by atoms with van der Waals surface area (Å²) in [5.41, 5.74) is 3.84. The van der Waals surface area contributed by atoms with Crippen LogP contribution in [-0.4, -0.2) is 35.6 Å². The van der Waals surface area contributed by atoms with E-state index in [1.54, 1.807) is 6.07 Å². The molecular weight excluding hydrogens is 396 g/mol. The van der Waals surface area contributed by atoms with Crippen LogP contribution in [0.25, 0.3) is 0 Å². The highest BCUT2D eigenvalue weighted by molar-refractivity contribution is 5.58. The van der Waals surface area contributed by atoms with Crippen molar-refractivity contribution >= 4 is 17.5 Å². The number of anilines is 3. The summed E-state index contributed by atoms with van der Waals surface area (Å²) in [5, 5.41) is 16.2. The maximum Gasteiger partial charge on any atom is 0.229 e. The van der Waals surface area contributed by atoms with Crippen molar-refractivity contribution in [1.82, 2.24) is 15.3 Å². The molecule has 6 nitrogen and oxygen atoms in total. The first kappa shape index (κ1) is 21.8. The molecule has 6 heteroatoms. The molecule has 1 aromatic heterocycles. The van der Waals surface area contributed by atoms with Crippen LogP contribution >= 0.6 is 0 Å². The van der Waals surface area contributed by atoms with Gasteiger partial charge in [0.2, 0.25) is 5.95 Å². The summed E-state index contributed by atoms with van der Waals surface area (Å²) in [6.45, 7) is 5.07. The zero-order valence-corrected chi connectivity index (χ0v) is 18.6. The lowest BCUT2D eigenvalue weighted by molar-refractivity contribution is 0.554. The summed E-state index contributed by atoms with van der Waals surface area (Å²) in [7, 11) is 0. The number of nitrogens with one attached hydrogen (secondary N) is 2. The molecule has 0 radical (unpaired) electrons. The molecule has 1 aliphatic heterocycles. The van der Waals surface area contributed by atoms with Gasteiger partial charge in [-0.05, 0) is 49.6 Å². The molecule has 0 saturated carbocycles. The summed E-state index contributed by atoms with van der Waals surface area (Å²) in [6, 6.07) is 22.8. The van der Waals surface area contributed by atoms with E-state index < -0.39 is 0 Å². The zero-order valence-electron chi connectivity index (χ0n) is 18.6. The summed E-state index contributed by atoms with van der Waals surface area (Å²) in [5.74, 6) is 1.55. The monoisotopic (exact) mass is 426 g/mol. The van der Waals surface area contributed by atoms with Crippen molar-refractivity contribution in [1.29, 1.82) is 5.26 Å². The Balaban J connectivity index is 1.41. The molecule has 164 valence electrons. The van der Waals surface area contributed by atoms with Gasteiger partial charge in [0.1, 0.15) is 5.82 Å². The van der Waals surface area contributed by atoms with Crippen LogP contribution in [0.1, 0.15) is 36.6 Å². The largest absolute Gasteiger partial charge is 0.355 e. The molecule has 3 aromatic rings. The molecule has 1 fully saturated rings. The third-order valence-corrected chi connectivity index (χ3v) is 5.72. The van der Waals surface area contributed by atoms with Gasteiger partial charge in [0, 0.05) is 36.6 Å². The Labute approximate surface area is 190 Å². The van der Waals surface area contributed by atoms with Crippen LogP contribution in [0.3, 0.4) is 0 Å². The maximum absolute atomic E-state index is 9.16. The topological polar surface area (TPSA) is 76.9 Å². The highest BCUT2D eigenvalue weighted by atomic mass is 15.3. The number of hydrogen-bond acceptors (Lipinski definition) is 6. The second kappa shape index (κ2) is 10.7. The van der Waals surface area contributed by atoms with Crippen LogP contribution in [0.2, 0.25) is 0 Å². The van der Waals surface area contributed by atoms with Crippen molar-refractivity contribution in [3.05, 3.63) is 77.5 Å². The highest BCUT2D eigenvalue weighted by Crippen LogP contribution is 2.23. The first-order valence-corrected chi connectivity index (χ1v) is 11.4. The van der Waals surface area contributed by atoms with E-state index in [4.69, 9.17) is 15.2 Å². The van der Waals surface area contributed by atoms with Crippen molar-refractivity contribution < 1.29 is 0 Å². The van der Waals surface area contributed by atoms with E-state index in [0.717, 1.165) is 62.5 Å². The summed E-state index contributed by atoms with van der Waals surface area (Å²) >= 11 is 0. The Morgan fingerprint density at radius 3 is 2.75 bits per heavy atom. The second-order valence-corrected chi connectivity index (χ2v) is 8.23. The van der Waals surface area contributed by atoms with Crippen LogP contribution in [0.15, 0.2) is 60.7 Å². The van der Waals surface area contributed by atoms with E-state index in [2.05, 4.69) is 64.9 Å². The molecule has 0 bridgehead atoms. The van der Waals surface area contributed by atoms with E-state index in [1.807, 2.05) is 18.2 Å². The molecule has 4 rings (SSSR count). The third-order valence-electron chi connectivity index (χ3n) is 5.72. The van der Waals surface area contributed by atoms with Gasteiger partial charge < -0.3 is 15.5 Å². The molecule has 0 amide bonds. The first-order chi connectivity index (χ1) is 15.7. The molecule has 2 heterocycles. The van der Waals surface area contributed by atoms with Crippen molar-refractivity contribution in [3.8, 4) is 6.07 Å². The Morgan fingerprint density at radius 1 is 1.06 bits per heavy atom. The van der Waals surface area contributed by atoms with Gasteiger partial charge in [-0.25, -0.2) is 4.98 Å². The number of benzene rings is 2. The van der Waals surface area contributed by atoms with Crippen LogP contribution in [-0.2, 0) is 12.8 Å². The number of rotatable bonds is 9. The summed E-state index contributed by atoms with van der Waals surface area (Å²) < 4.78 is 0. The van der Waals surface area contributed by atoms with Crippen LogP contribution < -0.4 is 15.5 Å². The molecule has 2 aromatic carbocycles. The minimum absolute atomic E-state index is 0.465. The van der Waals surface area contributed by atoms with Gasteiger partial charge in [-0.15, -0.1) is 0 Å². The van der Waals surface area contributed by atoms with Gasteiger partial charge >= 0.3 is 0 Å². The number of nitriles is 1. The van der Waals surface area contributed by atoms with E-state index in [9.17, 15) is 0 Å². The van der Waals surface area contributed by atoms with Gasteiger partial charge in [0.05, 0.1) is 11.6 Å². The number of aromatic nitrogens is 2. The lowest BCUT2D eigenvalue weighted by Crippen LogP contribution is -2.34. The van der Waals surface area contributed by atoms with E-state index in [0.29, 0.717) is 17.6 Å². The minimum Gasteiger partial charge on any atom is -0.355 e. The van der Waals surface area contributed by atoms with E-state index >= 15 is 0 Å². The van der Waals surface area contributed by atoms with Crippen molar-refractivity contribution in [2.24, 2.45) is 0 Å². The maximum atomic E-state index is 9.16. The average Bonchev–Trinajstić information content (AvgIpc) is 3.29. The third kappa shape index (κ3) is 5.83. The fourth-order valence-electron chi connectivity index (χ4n) is 4.08. The van der Waals surface area contributed by atoms with Gasteiger partial charge in [-0.3, -0.25) is 0 Å².